The molecule has 0 aromatic heterocycles. The monoisotopic (exact) mass is 628 g/mol. The number of carbonyl (C=O) groups is 1. The number of rotatable bonds is 7. The number of benzene rings is 5. The first-order valence-corrected chi connectivity index (χ1v) is 16.6. The van der Waals surface area contributed by atoms with E-state index in [1.54, 1.807) is 12.1 Å². The fraction of sp³-hybridized carbons (Fsp3) is 0.135. The Morgan fingerprint density at radius 3 is 2.22 bits per heavy atom. The van der Waals surface area contributed by atoms with E-state index < -0.39 is 10.0 Å². The Hall–Kier alpha value is -5.25. The number of piperidine rings is 1. The Labute approximate surface area is 267 Å². The van der Waals surface area contributed by atoms with E-state index in [1.807, 2.05) is 109 Å². The van der Waals surface area contributed by atoms with Gasteiger partial charge in [0.15, 0.2) is 0 Å². The third-order valence-electron chi connectivity index (χ3n) is 8.41. The topological polar surface area (TPSA) is 118 Å². The van der Waals surface area contributed by atoms with Crippen molar-refractivity contribution in [2.24, 2.45) is 16.6 Å². The van der Waals surface area contributed by atoms with E-state index in [2.05, 4.69) is 5.32 Å². The van der Waals surface area contributed by atoms with E-state index in [9.17, 15) is 13.2 Å². The number of hydrogen-bond acceptors (Lipinski definition) is 6. The smallest absolute Gasteiger partial charge is 0.243 e. The molecule has 2 aliphatic heterocycles. The predicted molar refractivity (Wildman–Crippen MR) is 180 cm³/mol. The summed E-state index contributed by atoms with van der Waals surface area (Å²) in [5.74, 6) is -0.131. The van der Waals surface area contributed by atoms with Crippen molar-refractivity contribution in [2.75, 3.05) is 18.4 Å². The summed E-state index contributed by atoms with van der Waals surface area (Å²) >= 11 is 0. The second kappa shape index (κ2) is 12.3. The van der Waals surface area contributed by atoms with Crippen molar-refractivity contribution in [1.29, 1.82) is 0 Å². The van der Waals surface area contributed by atoms with Crippen molar-refractivity contribution in [3.8, 4) is 22.5 Å². The summed E-state index contributed by atoms with van der Waals surface area (Å²) in [6.07, 6.45) is 0.801. The molecular weight excluding hydrogens is 596 g/mol. The molecule has 230 valence electrons. The van der Waals surface area contributed by atoms with Gasteiger partial charge in [-0.1, -0.05) is 54.6 Å². The van der Waals surface area contributed by atoms with Gasteiger partial charge in [-0.3, -0.25) is 4.79 Å². The average molecular weight is 629 g/mol. The lowest BCUT2D eigenvalue weighted by molar-refractivity contribution is -0.122. The van der Waals surface area contributed by atoms with E-state index in [4.69, 9.17) is 15.1 Å². The molecule has 4 aromatic rings. The van der Waals surface area contributed by atoms with Crippen LogP contribution in [0.2, 0.25) is 0 Å². The van der Waals surface area contributed by atoms with Gasteiger partial charge >= 0.3 is 0 Å². The molecule has 3 aliphatic rings. The maximum atomic E-state index is 14.2. The normalized spacial score (nSPS) is 14.9. The number of hydrogen-bond donors (Lipinski definition) is 2. The van der Waals surface area contributed by atoms with Gasteiger partial charge in [-0.05, 0) is 67.4 Å². The van der Waals surface area contributed by atoms with Crippen LogP contribution in [0, 0.1) is 5.92 Å². The van der Waals surface area contributed by atoms with Gasteiger partial charge in [-0.2, -0.15) is 4.31 Å². The van der Waals surface area contributed by atoms with Crippen molar-refractivity contribution in [2.45, 2.75) is 17.7 Å². The minimum Gasteiger partial charge on any atom is -0.456 e. The number of nitrogens with two attached hydrogens (primary N) is 1. The molecule has 7 rings (SSSR count). The van der Waals surface area contributed by atoms with Gasteiger partial charge in [0.1, 0.15) is 11.3 Å². The summed E-state index contributed by atoms with van der Waals surface area (Å²) in [5.41, 5.74) is 10.8. The highest BCUT2D eigenvalue weighted by molar-refractivity contribution is 7.89. The number of carbonyl (C=O) groups excluding carboxylic acids is 1. The maximum absolute atomic E-state index is 14.2. The van der Waals surface area contributed by atoms with E-state index in [1.165, 1.54) is 4.31 Å². The van der Waals surface area contributed by atoms with E-state index in [0.717, 1.165) is 33.6 Å². The maximum Gasteiger partial charge on any atom is 0.243 e. The Morgan fingerprint density at radius 2 is 1.48 bits per heavy atom. The predicted octanol–water partition coefficient (Wildman–Crippen LogP) is 7.07. The molecule has 46 heavy (non-hydrogen) atoms. The van der Waals surface area contributed by atoms with Crippen LogP contribution in [0.1, 0.15) is 12.8 Å². The third kappa shape index (κ3) is 5.78. The molecule has 1 saturated heterocycles. The van der Waals surface area contributed by atoms with Crippen LogP contribution in [0.25, 0.3) is 33.4 Å². The number of sulfonamides is 1. The second-order valence-electron chi connectivity index (χ2n) is 11.4. The number of para-hydroxylation sites is 2. The number of nitrogens with zero attached hydrogens (tertiary/aromatic N) is 2. The summed E-state index contributed by atoms with van der Waals surface area (Å²) in [5, 5.41) is 4.91. The van der Waals surface area contributed by atoms with Crippen LogP contribution in [-0.4, -0.2) is 31.7 Å². The zero-order valence-electron chi connectivity index (χ0n) is 25.0. The van der Waals surface area contributed by atoms with Crippen molar-refractivity contribution in [1.82, 2.24) is 4.31 Å². The van der Waals surface area contributed by atoms with Crippen LogP contribution in [-0.2, 0) is 14.8 Å². The molecule has 9 heteroatoms. The lowest BCUT2D eigenvalue weighted by atomic mass is 9.93. The van der Waals surface area contributed by atoms with Gasteiger partial charge in [0.25, 0.3) is 0 Å². The summed E-state index contributed by atoms with van der Waals surface area (Å²) < 4.78 is 36.4. The molecule has 0 atom stereocenters. The van der Waals surface area contributed by atoms with Gasteiger partial charge in [-0.25, -0.2) is 13.4 Å². The molecule has 0 saturated carbocycles. The SMILES string of the molecule is NC(=O)C1CCN(S(=O)(=O)c2ccccc2-c2c3ccc(=Nc4ccccc4)cc-3oc3cc(Nc4ccccc4)ccc23)CC1. The summed E-state index contributed by atoms with van der Waals surface area (Å²) in [4.78, 5) is 16.7. The molecule has 1 fully saturated rings. The quantitative estimate of drug-likeness (QED) is 0.184. The minimum atomic E-state index is -3.91. The van der Waals surface area contributed by atoms with Crippen molar-refractivity contribution in [3.05, 3.63) is 127 Å². The fourth-order valence-corrected chi connectivity index (χ4v) is 7.74. The Morgan fingerprint density at radius 1 is 0.783 bits per heavy atom. The lowest BCUT2D eigenvalue weighted by Gasteiger charge is -2.30. The van der Waals surface area contributed by atoms with Crippen LogP contribution in [0.3, 0.4) is 0 Å². The lowest BCUT2D eigenvalue weighted by Crippen LogP contribution is -2.41. The van der Waals surface area contributed by atoms with Crippen LogP contribution in [0.5, 0.6) is 0 Å². The number of anilines is 2. The third-order valence-corrected chi connectivity index (χ3v) is 10.4. The molecule has 3 N–H and O–H groups in total. The number of nitrogens with one attached hydrogen (secondary N) is 1. The highest BCUT2D eigenvalue weighted by Gasteiger charge is 2.33. The summed E-state index contributed by atoms with van der Waals surface area (Å²) in [6, 6.07) is 38.2. The average Bonchev–Trinajstić information content (AvgIpc) is 3.08. The number of fused-ring (bicyclic) bond motifs is 2. The van der Waals surface area contributed by atoms with Gasteiger partial charge in [0, 0.05) is 64.6 Å². The fourth-order valence-electron chi connectivity index (χ4n) is 6.07. The molecule has 4 aromatic carbocycles. The van der Waals surface area contributed by atoms with Crippen molar-refractivity contribution in [3.63, 3.8) is 0 Å². The first-order chi connectivity index (χ1) is 22.4. The molecule has 1 aliphatic carbocycles. The van der Waals surface area contributed by atoms with Gasteiger partial charge < -0.3 is 15.5 Å². The highest BCUT2D eigenvalue weighted by Crippen LogP contribution is 2.43. The van der Waals surface area contributed by atoms with Gasteiger partial charge in [-0.15, -0.1) is 0 Å². The summed E-state index contributed by atoms with van der Waals surface area (Å²) in [6.45, 7) is 0.462. The summed E-state index contributed by atoms with van der Waals surface area (Å²) in [7, 11) is -3.91. The van der Waals surface area contributed by atoms with Crippen LogP contribution < -0.4 is 16.4 Å². The first-order valence-electron chi connectivity index (χ1n) is 15.2. The van der Waals surface area contributed by atoms with Crippen LogP contribution in [0.15, 0.2) is 136 Å². The molecule has 1 amide bonds. The molecule has 8 nitrogen and oxygen atoms in total. The molecule has 0 bridgehead atoms. The zero-order valence-corrected chi connectivity index (χ0v) is 25.8. The number of amides is 1. The molecule has 0 spiro atoms. The Bertz CT molecular complexity index is 2190. The van der Waals surface area contributed by atoms with E-state index in [-0.39, 0.29) is 29.8 Å². The zero-order chi connectivity index (χ0) is 31.7. The molecular formula is C37H32N4O4S. The molecule has 0 radical (unpaired) electrons. The number of primary amides is 1. The largest absolute Gasteiger partial charge is 0.456 e. The van der Waals surface area contributed by atoms with E-state index >= 15 is 0 Å². The highest BCUT2D eigenvalue weighted by atomic mass is 32.2. The second-order valence-corrected chi connectivity index (χ2v) is 13.3. The minimum absolute atomic E-state index is 0.200. The first kappa shape index (κ1) is 29.5. The van der Waals surface area contributed by atoms with Gasteiger partial charge in [0.05, 0.1) is 15.9 Å². The molecule has 2 heterocycles. The van der Waals surface area contributed by atoms with Crippen molar-refractivity contribution >= 4 is 44.0 Å². The van der Waals surface area contributed by atoms with Crippen molar-refractivity contribution < 1.29 is 17.6 Å². The Balaban J connectivity index is 1.41. The molecule has 0 unspecified atom stereocenters. The Kier molecular flexibility index (Phi) is 7.86. The van der Waals surface area contributed by atoms with Crippen LogP contribution >= 0.6 is 0 Å². The van der Waals surface area contributed by atoms with Gasteiger partial charge in [0.2, 0.25) is 15.9 Å². The van der Waals surface area contributed by atoms with Crippen LogP contribution in [0.4, 0.5) is 17.1 Å². The van der Waals surface area contributed by atoms with E-state index in [0.29, 0.717) is 35.1 Å². The standard InChI is InChI=1S/C37H32N4O4S/c38-37(42)25-19-21-41(22-20-25)46(43,44)35-14-8-7-13-32(35)36-30-17-15-28(39-26-9-3-1-4-10-26)23-33(30)45-34-24-29(16-18-31(34)36)40-27-11-5-2-6-12-27/h1-18,23-25,39H,19-22H2,(H2,38,42).